The van der Waals surface area contributed by atoms with E-state index in [1.807, 2.05) is 6.92 Å². The molecule has 0 unspecified atom stereocenters. The summed E-state index contributed by atoms with van der Waals surface area (Å²) in [6, 6.07) is 0. The van der Waals surface area contributed by atoms with Gasteiger partial charge in [-0.15, -0.1) is 0 Å². The highest BCUT2D eigenvalue weighted by atomic mass is 28.4. The second kappa shape index (κ2) is 17.8. The van der Waals surface area contributed by atoms with Gasteiger partial charge in [0.25, 0.3) is 0 Å². The third kappa shape index (κ3) is 12.2. The van der Waals surface area contributed by atoms with Gasteiger partial charge in [0.05, 0.1) is 18.4 Å². The third-order valence-corrected chi connectivity index (χ3v) is 21.1. The van der Waals surface area contributed by atoms with Crippen LogP contribution in [0.4, 0.5) is 0 Å². The monoisotopic (exact) mass is 706 g/mol. The van der Waals surface area contributed by atoms with Crippen molar-refractivity contribution in [2.75, 3.05) is 6.54 Å². The van der Waals surface area contributed by atoms with E-state index in [-0.39, 0.29) is 52.1 Å². The molecule has 8 heteroatoms. The highest BCUT2D eigenvalue weighted by Crippen LogP contribution is 2.46. The lowest BCUT2D eigenvalue weighted by atomic mass is 9.65. The zero-order valence-corrected chi connectivity index (χ0v) is 35.8. The average molecular weight is 706 g/mol. The van der Waals surface area contributed by atoms with Crippen molar-refractivity contribution in [1.82, 2.24) is 5.32 Å². The van der Waals surface area contributed by atoms with E-state index in [4.69, 9.17) is 13.6 Å². The van der Waals surface area contributed by atoms with Gasteiger partial charge in [0.15, 0.2) is 16.6 Å². The molecule has 2 rings (SSSR count). The Kier molecular flexibility index (Phi) is 15.9. The Morgan fingerprint density at radius 1 is 0.958 bits per heavy atom. The minimum absolute atomic E-state index is 0.0294. The topological polar surface area (TPSA) is 73.9 Å². The Balaban J connectivity index is 2.44. The van der Waals surface area contributed by atoms with Crippen LogP contribution in [-0.2, 0) is 23.2 Å². The summed E-state index contributed by atoms with van der Waals surface area (Å²) in [4.78, 5) is 26.3. The van der Waals surface area contributed by atoms with E-state index in [0.717, 1.165) is 38.5 Å². The van der Waals surface area contributed by atoms with Crippen LogP contribution < -0.4 is 5.32 Å². The number of fused-ring (bicyclic) bond motifs is 1. The largest absolute Gasteiger partial charge is 0.461 e. The van der Waals surface area contributed by atoms with Gasteiger partial charge in [-0.3, -0.25) is 9.59 Å². The van der Waals surface area contributed by atoms with Gasteiger partial charge in [-0.05, 0) is 98.1 Å². The lowest BCUT2D eigenvalue weighted by Gasteiger charge is -2.45. The molecule has 8 atom stereocenters. The fraction of sp³-hybridized carbons (Fsp3) is 0.850. The van der Waals surface area contributed by atoms with Crippen molar-refractivity contribution in [2.24, 2.45) is 29.6 Å². The van der Waals surface area contributed by atoms with E-state index >= 15 is 0 Å². The van der Waals surface area contributed by atoms with Crippen LogP contribution in [0, 0.1) is 29.6 Å². The highest BCUT2D eigenvalue weighted by molar-refractivity contribution is 6.74. The molecule has 0 fully saturated rings. The zero-order valence-electron chi connectivity index (χ0n) is 33.8. The van der Waals surface area contributed by atoms with Crippen molar-refractivity contribution >= 4 is 28.5 Å². The number of hydrogen-bond acceptors (Lipinski definition) is 5. The van der Waals surface area contributed by atoms with Crippen molar-refractivity contribution in [3.8, 4) is 0 Å². The van der Waals surface area contributed by atoms with Crippen LogP contribution in [0.5, 0.6) is 0 Å². The standard InChI is InChI=1S/C40H75NO5Si2/c1-16-18-23-41-36(42)27-33(46-48(14,15)40(9,10)11)26-32(45-47(12,13)39(6,7)8)21-22-34-30(5)19-20-31-24-28(3)25-35(37(31)34)44-38(43)29(4)17-2/h19-20,24,28-30,32-35,37H,16-18,21-23,25-27H2,1-15H3,(H,41,42)/t28-,29-,30-,32-,33-,34-,35-,37-/m0/s1. The molecule has 2 aliphatic carbocycles. The molecule has 0 heterocycles. The predicted octanol–water partition coefficient (Wildman–Crippen LogP) is 10.6. The minimum atomic E-state index is -2.16. The van der Waals surface area contributed by atoms with Gasteiger partial charge in [0.1, 0.15) is 6.10 Å². The molecule has 1 amide bonds. The summed E-state index contributed by atoms with van der Waals surface area (Å²) >= 11 is 0. The minimum Gasteiger partial charge on any atom is -0.461 e. The quantitative estimate of drug-likeness (QED) is 0.0926. The molecular formula is C40H75NO5Si2. The molecule has 0 aromatic carbocycles. The summed E-state index contributed by atoms with van der Waals surface area (Å²) in [7, 11) is -4.29. The summed E-state index contributed by atoms with van der Waals surface area (Å²) in [6.07, 6.45) is 13.3. The number of ether oxygens (including phenoxy) is 1. The first kappa shape index (κ1) is 42.9. The molecule has 0 saturated heterocycles. The Morgan fingerprint density at radius 3 is 2.08 bits per heavy atom. The molecule has 0 saturated carbocycles. The molecule has 48 heavy (non-hydrogen) atoms. The third-order valence-electron chi connectivity index (χ3n) is 12.0. The number of esters is 1. The Bertz CT molecular complexity index is 1100. The van der Waals surface area contributed by atoms with Crippen LogP contribution in [0.3, 0.4) is 0 Å². The van der Waals surface area contributed by atoms with E-state index < -0.39 is 16.6 Å². The van der Waals surface area contributed by atoms with E-state index in [1.54, 1.807) is 0 Å². The van der Waals surface area contributed by atoms with Crippen LogP contribution in [-0.4, -0.2) is 53.4 Å². The van der Waals surface area contributed by atoms with Gasteiger partial charge >= 0.3 is 5.97 Å². The molecule has 0 aliphatic heterocycles. The first-order valence-corrected chi connectivity index (χ1v) is 25.1. The van der Waals surface area contributed by atoms with E-state index in [2.05, 4.69) is 119 Å². The summed E-state index contributed by atoms with van der Waals surface area (Å²) in [5.41, 5.74) is 1.32. The second-order valence-electron chi connectivity index (χ2n) is 18.3. The van der Waals surface area contributed by atoms with E-state index in [1.165, 1.54) is 5.57 Å². The molecule has 0 aromatic rings. The molecule has 0 aromatic heterocycles. The molecule has 0 radical (unpaired) electrons. The lowest BCUT2D eigenvalue weighted by Crippen LogP contribution is -2.48. The molecule has 0 bridgehead atoms. The van der Waals surface area contributed by atoms with Crippen molar-refractivity contribution < 1.29 is 23.2 Å². The lowest BCUT2D eigenvalue weighted by molar-refractivity contribution is -0.158. The summed E-state index contributed by atoms with van der Waals surface area (Å²) in [5.74, 6) is 1.17. The summed E-state index contributed by atoms with van der Waals surface area (Å²) < 4.78 is 20.6. The van der Waals surface area contributed by atoms with Gasteiger partial charge in [-0.2, -0.15) is 0 Å². The van der Waals surface area contributed by atoms with Crippen LogP contribution in [0.2, 0.25) is 36.3 Å². The Morgan fingerprint density at radius 2 is 1.54 bits per heavy atom. The van der Waals surface area contributed by atoms with Gasteiger partial charge in [-0.25, -0.2) is 0 Å². The number of allylic oxidation sites excluding steroid dienone is 3. The van der Waals surface area contributed by atoms with Crippen molar-refractivity contribution in [2.45, 2.75) is 182 Å². The number of nitrogens with one attached hydrogen (secondary N) is 1. The van der Waals surface area contributed by atoms with E-state index in [0.29, 0.717) is 37.1 Å². The van der Waals surface area contributed by atoms with Gasteiger partial charge in [-0.1, -0.05) is 101 Å². The summed E-state index contributed by atoms with van der Waals surface area (Å²) in [6.45, 7) is 34.3. The average Bonchev–Trinajstić information content (AvgIpc) is 2.94. The number of carbonyl (C=O) groups excluding carboxylic acids is 2. The molecular weight excluding hydrogens is 631 g/mol. The van der Waals surface area contributed by atoms with Gasteiger partial charge in [0, 0.05) is 18.6 Å². The van der Waals surface area contributed by atoms with Crippen LogP contribution in [0.1, 0.15) is 128 Å². The maximum absolute atomic E-state index is 13.3. The molecule has 2 aliphatic rings. The van der Waals surface area contributed by atoms with E-state index in [9.17, 15) is 9.59 Å². The van der Waals surface area contributed by atoms with Crippen molar-refractivity contribution in [1.29, 1.82) is 0 Å². The molecule has 278 valence electrons. The summed E-state index contributed by atoms with van der Waals surface area (Å²) in [5, 5.41) is 3.24. The van der Waals surface area contributed by atoms with Crippen LogP contribution in [0.25, 0.3) is 0 Å². The normalized spacial score (nSPS) is 25.5. The second-order valence-corrected chi connectivity index (χ2v) is 27.8. The Labute approximate surface area is 298 Å². The Hall–Kier alpha value is -1.23. The SMILES string of the molecule is CCCCNC(=O)C[C@H](C[C@H](CC[C@@H]1[C@@H]2C(=C[C@H](C)C[C@@H]2OC(=O)[C@@H](C)CC)C=C[C@@H]1C)O[Si](C)(C)C(C)(C)C)O[Si](C)(C)C(C)(C)C. The maximum atomic E-state index is 13.3. The first-order chi connectivity index (χ1) is 22.0. The molecule has 0 spiro atoms. The maximum Gasteiger partial charge on any atom is 0.308 e. The van der Waals surface area contributed by atoms with Gasteiger partial charge in [0.2, 0.25) is 5.91 Å². The predicted molar refractivity (Wildman–Crippen MR) is 207 cm³/mol. The number of rotatable bonds is 17. The van der Waals surface area contributed by atoms with Crippen molar-refractivity contribution in [3.63, 3.8) is 0 Å². The number of unbranched alkanes of at least 4 members (excludes halogenated alkanes) is 1. The number of amides is 1. The van der Waals surface area contributed by atoms with Crippen molar-refractivity contribution in [3.05, 3.63) is 23.8 Å². The smallest absolute Gasteiger partial charge is 0.308 e. The zero-order chi connectivity index (χ0) is 36.7. The number of carbonyl (C=O) groups is 2. The first-order valence-electron chi connectivity index (χ1n) is 19.3. The van der Waals surface area contributed by atoms with Gasteiger partial charge < -0.3 is 18.9 Å². The molecule has 1 N–H and O–H groups in total. The van der Waals surface area contributed by atoms with Crippen LogP contribution in [0.15, 0.2) is 23.8 Å². The fourth-order valence-electron chi connectivity index (χ4n) is 6.59. The number of hydrogen-bond donors (Lipinski definition) is 1. The fourth-order valence-corrected chi connectivity index (χ4v) is 9.36. The highest BCUT2D eigenvalue weighted by Gasteiger charge is 2.45. The molecule has 6 nitrogen and oxygen atoms in total. The van der Waals surface area contributed by atoms with Crippen LogP contribution >= 0.6 is 0 Å².